The van der Waals surface area contributed by atoms with Crippen LogP contribution in [0.2, 0.25) is 10.0 Å². The van der Waals surface area contributed by atoms with Crippen molar-refractivity contribution in [2.75, 3.05) is 39.4 Å². The average Bonchev–Trinajstić information content (AvgIpc) is 3.34. The zero-order chi connectivity index (χ0) is 25.3. The van der Waals surface area contributed by atoms with Crippen molar-refractivity contribution in [3.05, 3.63) is 33.8 Å². The lowest BCUT2D eigenvalue weighted by molar-refractivity contribution is -0.180. The number of benzene rings is 1. The third kappa shape index (κ3) is 5.61. The van der Waals surface area contributed by atoms with Gasteiger partial charge in [0.1, 0.15) is 0 Å². The molecule has 0 radical (unpaired) electrons. The average molecular weight is 526 g/mol. The fourth-order valence-electron chi connectivity index (χ4n) is 5.60. The molecule has 3 aliphatic rings. The maximum Gasteiger partial charge on any atom is 0.303 e. The first-order valence-corrected chi connectivity index (χ1v) is 12.9. The molecule has 0 unspecified atom stereocenters. The van der Waals surface area contributed by atoms with E-state index in [1.807, 2.05) is 11.0 Å². The van der Waals surface area contributed by atoms with Crippen LogP contribution < -0.4 is 0 Å². The first-order chi connectivity index (χ1) is 16.6. The number of carbonyl (C=O) groups excluding carboxylic acids is 3. The first kappa shape index (κ1) is 26.2. The molecule has 0 bridgehead atoms. The van der Waals surface area contributed by atoms with E-state index in [0.717, 1.165) is 31.5 Å². The van der Waals surface area contributed by atoms with Gasteiger partial charge in [0.05, 0.1) is 47.8 Å². The van der Waals surface area contributed by atoms with E-state index in [4.69, 9.17) is 32.7 Å². The molecule has 3 aliphatic heterocycles. The molecule has 3 saturated heterocycles. The predicted octanol–water partition coefficient (Wildman–Crippen LogP) is 2.78. The molecule has 1 aromatic carbocycles. The summed E-state index contributed by atoms with van der Waals surface area (Å²) in [6.07, 6.45) is 2.40. The highest BCUT2D eigenvalue weighted by molar-refractivity contribution is 6.42. The summed E-state index contributed by atoms with van der Waals surface area (Å²) in [4.78, 5) is 44.8. The number of nitrogens with zero attached hydrogens (tertiary/aromatic N) is 3. The molecular formula is C25H33Cl2N3O5. The van der Waals surface area contributed by atoms with Gasteiger partial charge in [0.15, 0.2) is 5.60 Å². The summed E-state index contributed by atoms with van der Waals surface area (Å²) in [5.74, 6) is -0.800. The minimum Gasteiger partial charge on any atom is -0.450 e. The van der Waals surface area contributed by atoms with Crippen molar-refractivity contribution < 1.29 is 23.9 Å². The Morgan fingerprint density at radius 2 is 1.66 bits per heavy atom. The normalized spacial score (nSPS) is 25.3. The summed E-state index contributed by atoms with van der Waals surface area (Å²) in [7, 11) is 0. The summed E-state index contributed by atoms with van der Waals surface area (Å²) in [6, 6.07) is 4.67. The van der Waals surface area contributed by atoms with Crippen LogP contribution in [-0.2, 0) is 30.3 Å². The highest BCUT2D eigenvalue weighted by atomic mass is 35.5. The Morgan fingerprint density at radius 3 is 2.31 bits per heavy atom. The van der Waals surface area contributed by atoms with Gasteiger partial charge in [0, 0.05) is 20.0 Å². The standard InChI is InChI=1S/C25H33Cl2N3O5/c1-16(31)35-25(2,3)24(33)29-10-11-30(22(32)13-17-6-7-18(26)19(27)12-17)23-20(14-34-15-21(23)29)28-8-4-5-9-28/h6-7,12,20-21,23H,4-5,8-11,13-15H2,1-3H3/t20-,21+,23+/m0/s1. The van der Waals surface area contributed by atoms with E-state index in [0.29, 0.717) is 36.3 Å². The smallest absolute Gasteiger partial charge is 0.303 e. The Morgan fingerprint density at radius 1 is 1.00 bits per heavy atom. The van der Waals surface area contributed by atoms with Crippen molar-refractivity contribution in [1.82, 2.24) is 14.7 Å². The van der Waals surface area contributed by atoms with Gasteiger partial charge in [0.25, 0.3) is 5.91 Å². The number of hydrogen-bond acceptors (Lipinski definition) is 6. The Hall–Kier alpha value is -1.87. The van der Waals surface area contributed by atoms with Crippen LogP contribution >= 0.6 is 23.2 Å². The third-order valence-corrected chi connectivity index (χ3v) is 7.89. The largest absolute Gasteiger partial charge is 0.450 e. The van der Waals surface area contributed by atoms with Gasteiger partial charge < -0.3 is 19.3 Å². The van der Waals surface area contributed by atoms with Gasteiger partial charge >= 0.3 is 5.97 Å². The van der Waals surface area contributed by atoms with Crippen molar-refractivity contribution in [2.24, 2.45) is 0 Å². The van der Waals surface area contributed by atoms with E-state index in [2.05, 4.69) is 4.90 Å². The fourth-order valence-corrected chi connectivity index (χ4v) is 5.92. The molecule has 0 spiro atoms. The number of rotatable bonds is 5. The molecule has 0 saturated carbocycles. The summed E-state index contributed by atoms with van der Waals surface area (Å²) in [5.41, 5.74) is -0.510. The second-order valence-corrected chi connectivity index (χ2v) is 10.8. The first-order valence-electron chi connectivity index (χ1n) is 12.1. The van der Waals surface area contributed by atoms with E-state index >= 15 is 0 Å². The van der Waals surface area contributed by atoms with Crippen molar-refractivity contribution in [2.45, 2.75) is 63.8 Å². The minimum absolute atomic E-state index is 0.0126. The van der Waals surface area contributed by atoms with Gasteiger partial charge in [-0.15, -0.1) is 0 Å². The zero-order valence-corrected chi connectivity index (χ0v) is 22.0. The van der Waals surface area contributed by atoms with Gasteiger partial charge in [-0.2, -0.15) is 0 Å². The van der Waals surface area contributed by atoms with Crippen LogP contribution in [0.3, 0.4) is 0 Å². The van der Waals surface area contributed by atoms with E-state index in [1.165, 1.54) is 6.92 Å². The van der Waals surface area contributed by atoms with E-state index < -0.39 is 11.6 Å². The van der Waals surface area contributed by atoms with Crippen molar-refractivity contribution >= 4 is 41.0 Å². The number of piperazine rings is 1. The number of likely N-dealkylation sites (tertiary alicyclic amines) is 1. The SMILES string of the molecule is CC(=O)OC(C)(C)C(=O)N1CCN(C(=O)Cc2ccc(Cl)c(Cl)c2)[C@H]2[C@H]1COC[C@@H]2N1CCCC1. The number of esters is 1. The number of amides is 2. The molecule has 10 heteroatoms. The quantitative estimate of drug-likeness (QED) is 0.550. The number of carbonyl (C=O) groups is 3. The number of halogens is 2. The number of ether oxygens (including phenoxy) is 2. The molecule has 35 heavy (non-hydrogen) atoms. The van der Waals surface area contributed by atoms with Crippen LogP contribution in [0.4, 0.5) is 0 Å². The summed E-state index contributed by atoms with van der Waals surface area (Å²) in [5, 5.41) is 0.864. The monoisotopic (exact) mass is 525 g/mol. The Kier molecular flexibility index (Phi) is 7.95. The second-order valence-electron chi connectivity index (χ2n) is 10.0. The van der Waals surface area contributed by atoms with Crippen LogP contribution in [0.15, 0.2) is 18.2 Å². The van der Waals surface area contributed by atoms with Crippen molar-refractivity contribution in [1.29, 1.82) is 0 Å². The number of fused-ring (bicyclic) bond motifs is 1. The Balaban J connectivity index is 1.61. The molecule has 2 amide bonds. The summed E-state index contributed by atoms with van der Waals surface area (Å²) >= 11 is 12.2. The molecule has 192 valence electrons. The summed E-state index contributed by atoms with van der Waals surface area (Å²) < 4.78 is 11.3. The molecule has 8 nitrogen and oxygen atoms in total. The van der Waals surface area contributed by atoms with E-state index in [1.54, 1.807) is 30.9 Å². The topological polar surface area (TPSA) is 79.4 Å². The maximum atomic E-state index is 13.6. The predicted molar refractivity (Wildman–Crippen MR) is 132 cm³/mol. The fraction of sp³-hybridized carbons (Fsp3) is 0.640. The second kappa shape index (κ2) is 10.6. The zero-order valence-electron chi connectivity index (χ0n) is 20.5. The highest BCUT2D eigenvalue weighted by Gasteiger charge is 2.51. The highest BCUT2D eigenvalue weighted by Crippen LogP contribution is 2.32. The Labute approximate surface area is 216 Å². The molecule has 0 N–H and O–H groups in total. The Bertz CT molecular complexity index is 982. The third-order valence-electron chi connectivity index (χ3n) is 7.15. The minimum atomic E-state index is -1.30. The van der Waals surface area contributed by atoms with Crippen LogP contribution in [-0.4, -0.2) is 95.6 Å². The molecule has 3 fully saturated rings. The van der Waals surface area contributed by atoms with Gasteiger partial charge in [-0.05, 0) is 57.5 Å². The van der Waals surface area contributed by atoms with Gasteiger partial charge in [-0.25, -0.2) is 0 Å². The molecular weight excluding hydrogens is 493 g/mol. The van der Waals surface area contributed by atoms with Gasteiger partial charge in [-0.3, -0.25) is 19.3 Å². The van der Waals surface area contributed by atoms with Crippen LogP contribution in [0.1, 0.15) is 39.2 Å². The molecule has 3 atom stereocenters. The van der Waals surface area contributed by atoms with Crippen LogP contribution in [0.25, 0.3) is 0 Å². The lowest BCUT2D eigenvalue weighted by atomic mass is 9.89. The van der Waals surface area contributed by atoms with Crippen LogP contribution in [0.5, 0.6) is 0 Å². The van der Waals surface area contributed by atoms with E-state index in [-0.39, 0.29) is 36.4 Å². The van der Waals surface area contributed by atoms with Gasteiger partial charge in [-0.1, -0.05) is 29.3 Å². The number of hydrogen-bond donors (Lipinski definition) is 0. The van der Waals surface area contributed by atoms with Crippen LogP contribution in [0, 0.1) is 0 Å². The molecule has 3 heterocycles. The lowest BCUT2D eigenvalue weighted by Crippen LogP contribution is -2.73. The molecule has 4 rings (SSSR count). The van der Waals surface area contributed by atoms with E-state index in [9.17, 15) is 14.4 Å². The molecule has 1 aromatic rings. The van der Waals surface area contributed by atoms with Gasteiger partial charge in [0.2, 0.25) is 5.91 Å². The van der Waals surface area contributed by atoms with Crippen molar-refractivity contribution in [3.63, 3.8) is 0 Å². The molecule has 0 aromatic heterocycles. The molecule has 0 aliphatic carbocycles. The lowest BCUT2D eigenvalue weighted by Gasteiger charge is -2.55. The van der Waals surface area contributed by atoms with Crippen molar-refractivity contribution in [3.8, 4) is 0 Å². The summed E-state index contributed by atoms with van der Waals surface area (Å²) in [6.45, 7) is 7.97. The maximum absolute atomic E-state index is 13.6.